The van der Waals surface area contributed by atoms with Gasteiger partial charge in [0.25, 0.3) is 0 Å². The summed E-state index contributed by atoms with van der Waals surface area (Å²) in [6.07, 6.45) is 0. The van der Waals surface area contributed by atoms with Gasteiger partial charge in [-0.1, -0.05) is 17.7 Å². The predicted molar refractivity (Wildman–Crippen MR) is 81.5 cm³/mol. The number of hydrogen-bond acceptors (Lipinski definition) is 6. The van der Waals surface area contributed by atoms with Crippen LogP contribution >= 0.6 is 11.3 Å². The Morgan fingerprint density at radius 3 is 2.38 bits per heavy atom. The summed E-state index contributed by atoms with van der Waals surface area (Å²) in [4.78, 5) is 0.233. The molecule has 6 nitrogen and oxygen atoms in total. The van der Waals surface area contributed by atoms with Crippen LogP contribution in [0, 0.1) is 20.8 Å². The molecular weight excluding hydrogens is 310 g/mol. The minimum Gasteiger partial charge on any atom is -0.378 e. The van der Waals surface area contributed by atoms with Gasteiger partial charge in [-0.15, -0.1) is 11.3 Å². The van der Waals surface area contributed by atoms with E-state index in [0.29, 0.717) is 16.1 Å². The smallest absolute Gasteiger partial charge is 0.203 e. The number of hydrogen-bond donors (Lipinski definition) is 0. The van der Waals surface area contributed by atoms with Crippen LogP contribution in [-0.4, -0.2) is 25.7 Å². The maximum absolute atomic E-state index is 12.5. The quantitative estimate of drug-likeness (QED) is 0.843. The molecule has 21 heavy (non-hydrogen) atoms. The van der Waals surface area contributed by atoms with Gasteiger partial charge in [-0.2, -0.15) is 0 Å². The lowest BCUT2D eigenvalue weighted by Gasteiger charge is -2.16. The normalized spacial score (nSPS) is 11.6. The molecule has 0 saturated carbocycles. The zero-order valence-corrected chi connectivity index (χ0v) is 13.9. The van der Waals surface area contributed by atoms with Gasteiger partial charge in [0.2, 0.25) is 10.0 Å². The minimum absolute atomic E-state index is 0.112. The molecule has 0 spiro atoms. The molecule has 0 amide bonds. The molecule has 0 aliphatic rings. The van der Waals surface area contributed by atoms with Crippen molar-refractivity contribution in [3.8, 4) is 0 Å². The number of sulfonamides is 1. The molecule has 2 aromatic rings. The Kier molecular flexibility index (Phi) is 4.60. The van der Waals surface area contributed by atoms with E-state index in [1.54, 1.807) is 13.8 Å². The molecule has 114 valence electrons. The highest BCUT2D eigenvalue weighted by Gasteiger charge is 2.17. The summed E-state index contributed by atoms with van der Waals surface area (Å²) < 4.78 is 33.6. The van der Waals surface area contributed by atoms with Crippen LogP contribution < -0.4 is 0 Å². The Bertz CT molecular complexity index is 731. The lowest BCUT2D eigenvalue weighted by molar-refractivity contribution is 0.184. The SMILES string of the molecule is COCc1nnc([N-]S(=O)(=O)c2c(C)cc(C)cc2C)s1. The first kappa shape index (κ1) is 15.9. The number of aryl methyl sites for hydroxylation is 3. The molecule has 0 aliphatic heterocycles. The van der Waals surface area contributed by atoms with E-state index in [9.17, 15) is 8.42 Å². The van der Waals surface area contributed by atoms with Crippen molar-refractivity contribution >= 4 is 26.5 Å². The summed E-state index contributed by atoms with van der Waals surface area (Å²) in [7, 11) is -2.27. The molecule has 0 unspecified atom stereocenters. The number of rotatable bonds is 5. The van der Waals surface area contributed by atoms with Crippen molar-refractivity contribution in [2.45, 2.75) is 32.3 Å². The summed E-state index contributed by atoms with van der Waals surface area (Å²) in [5.41, 5.74) is 2.37. The van der Waals surface area contributed by atoms with Gasteiger partial charge in [0.1, 0.15) is 5.01 Å². The molecule has 0 N–H and O–H groups in total. The number of methoxy groups -OCH3 is 1. The van der Waals surface area contributed by atoms with Crippen molar-refractivity contribution in [2.75, 3.05) is 7.11 Å². The second kappa shape index (κ2) is 6.08. The van der Waals surface area contributed by atoms with Crippen molar-refractivity contribution in [3.05, 3.63) is 38.6 Å². The van der Waals surface area contributed by atoms with Gasteiger partial charge < -0.3 is 14.6 Å². The van der Waals surface area contributed by atoms with E-state index in [4.69, 9.17) is 4.74 Å². The van der Waals surface area contributed by atoms with Gasteiger partial charge in [-0.05, 0) is 31.9 Å². The molecule has 0 saturated heterocycles. The van der Waals surface area contributed by atoms with Gasteiger partial charge in [0.05, 0.1) is 11.5 Å². The van der Waals surface area contributed by atoms with Crippen molar-refractivity contribution in [3.63, 3.8) is 0 Å². The molecule has 8 heteroatoms. The van der Waals surface area contributed by atoms with Crippen molar-refractivity contribution in [1.29, 1.82) is 0 Å². The summed E-state index contributed by atoms with van der Waals surface area (Å²) in [5, 5.41) is 8.29. The van der Waals surface area contributed by atoms with E-state index < -0.39 is 10.0 Å². The average molecular weight is 326 g/mol. The molecule has 0 radical (unpaired) electrons. The summed E-state index contributed by atoms with van der Waals surface area (Å²) in [6.45, 7) is 5.74. The van der Waals surface area contributed by atoms with E-state index in [1.165, 1.54) is 7.11 Å². The Morgan fingerprint density at radius 1 is 1.19 bits per heavy atom. The first-order valence-corrected chi connectivity index (χ1v) is 8.46. The molecule has 1 aromatic heterocycles. The first-order valence-electron chi connectivity index (χ1n) is 6.20. The Labute approximate surface area is 128 Å². The van der Waals surface area contributed by atoms with Crippen LogP contribution in [0.2, 0.25) is 0 Å². The number of benzene rings is 1. The number of nitrogens with zero attached hydrogens (tertiary/aromatic N) is 3. The van der Waals surface area contributed by atoms with Crippen molar-refractivity contribution in [1.82, 2.24) is 10.2 Å². The molecular formula is C13H16N3O3S2-. The van der Waals surface area contributed by atoms with E-state index >= 15 is 0 Å². The van der Waals surface area contributed by atoms with Crippen molar-refractivity contribution in [2.24, 2.45) is 0 Å². The minimum atomic E-state index is -3.80. The highest BCUT2D eigenvalue weighted by molar-refractivity contribution is 7.94. The van der Waals surface area contributed by atoms with Crippen LogP contribution in [0.15, 0.2) is 17.0 Å². The first-order chi connectivity index (χ1) is 9.83. The predicted octanol–water partition coefficient (Wildman–Crippen LogP) is 3.00. The largest absolute Gasteiger partial charge is 0.378 e. The Morgan fingerprint density at radius 2 is 1.81 bits per heavy atom. The fraction of sp³-hybridized carbons (Fsp3) is 0.385. The van der Waals surface area contributed by atoms with Crippen LogP contribution in [0.25, 0.3) is 4.72 Å². The van der Waals surface area contributed by atoms with Gasteiger partial charge in [0, 0.05) is 12.2 Å². The number of aromatic nitrogens is 2. The highest BCUT2D eigenvalue weighted by Crippen LogP contribution is 2.33. The zero-order valence-electron chi connectivity index (χ0n) is 12.2. The van der Waals surface area contributed by atoms with E-state index in [1.807, 2.05) is 19.1 Å². The standard InChI is InChI=1S/C13H16N3O3S2/c1-8-5-9(2)12(10(3)6-8)21(17,18)16-13-15-14-11(20-13)7-19-4/h5-6H,7H2,1-4H3/q-1. The van der Waals surface area contributed by atoms with Crippen LogP contribution in [0.5, 0.6) is 0 Å². The Hall–Kier alpha value is -1.51. The second-order valence-corrected chi connectivity index (χ2v) is 7.29. The second-order valence-electron chi connectivity index (χ2n) is 4.71. The zero-order chi connectivity index (χ0) is 15.6. The fourth-order valence-corrected chi connectivity index (χ4v) is 4.44. The fourth-order valence-electron chi connectivity index (χ4n) is 2.19. The lowest BCUT2D eigenvalue weighted by Crippen LogP contribution is -2.04. The number of ether oxygens (including phenoxy) is 1. The highest BCUT2D eigenvalue weighted by atomic mass is 32.2. The van der Waals surface area contributed by atoms with Crippen LogP contribution in [0.4, 0.5) is 5.13 Å². The summed E-state index contributed by atoms with van der Waals surface area (Å²) in [6, 6.07) is 3.65. The summed E-state index contributed by atoms with van der Waals surface area (Å²) in [5.74, 6) is 0. The van der Waals surface area contributed by atoms with E-state index in [-0.39, 0.29) is 16.6 Å². The third-order valence-electron chi connectivity index (χ3n) is 2.78. The third kappa shape index (κ3) is 3.58. The van der Waals surface area contributed by atoms with Gasteiger partial charge in [-0.25, -0.2) is 13.5 Å². The lowest BCUT2D eigenvalue weighted by atomic mass is 10.1. The third-order valence-corrected chi connectivity index (χ3v) is 5.26. The molecule has 0 aliphatic carbocycles. The molecule has 1 heterocycles. The van der Waals surface area contributed by atoms with Gasteiger partial charge in [-0.3, -0.25) is 0 Å². The van der Waals surface area contributed by atoms with Crippen LogP contribution in [0.3, 0.4) is 0 Å². The van der Waals surface area contributed by atoms with Crippen molar-refractivity contribution < 1.29 is 13.2 Å². The van der Waals surface area contributed by atoms with E-state index in [2.05, 4.69) is 14.9 Å². The monoisotopic (exact) mass is 326 g/mol. The molecule has 2 rings (SSSR count). The molecule has 1 aromatic carbocycles. The summed E-state index contributed by atoms with van der Waals surface area (Å²) >= 11 is 1.10. The Balaban J connectivity index is 2.34. The van der Waals surface area contributed by atoms with Gasteiger partial charge in [0.15, 0.2) is 0 Å². The van der Waals surface area contributed by atoms with Crippen LogP contribution in [0.1, 0.15) is 21.7 Å². The topological polar surface area (TPSA) is 83.2 Å². The average Bonchev–Trinajstić information content (AvgIpc) is 2.74. The maximum atomic E-state index is 12.5. The molecule has 0 bridgehead atoms. The maximum Gasteiger partial charge on any atom is 0.203 e. The van der Waals surface area contributed by atoms with E-state index in [0.717, 1.165) is 16.9 Å². The molecule has 0 fully saturated rings. The van der Waals surface area contributed by atoms with Crippen LogP contribution in [-0.2, 0) is 21.4 Å². The van der Waals surface area contributed by atoms with Gasteiger partial charge >= 0.3 is 0 Å². The molecule has 0 atom stereocenters.